The molecule has 0 aliphatic carbocycles. The summed E-state index contributed by atoms with van der Waals surface area (Å²) in [6.45, 7) is 3.61. The van der Waals surface area contributed by atoms with Gasteiger partial charge in [-0.1, -0.05) is 0 Å². The van der Waals surface area contributed by atoms with Gasteiger partial charge in [-0.2, -0.15) is 13.2 Å². The molecular formula is C9H8F3O. The molecule has 0 aliphatic rings. The van der Waals surface area contributed by atoms with Gasteiger partial charge in [0.25, 0.3) is 0 Å². The Hall–Kier alpha value is -1.19. The van der Waals surface area contributed by atoms with Gasteiger partial charge in [0.2, 0.25) is 0 Å². The largest absolute Gasteiger partial charge is 0.494 e. The maximum atomic E-state index is 12.1. The SMILES string of the molecule is [CH2]COc1ccc(C(F)(F)F)cc1. The third-order valence-electron chi connectivity index (χ3n) is 1.45. The molecule has 71 valence electrons. The number of halogens is 3. The van der Waals surface area contributed by atoms with Crippen molar-refractivity contribution in [3.8, 4) is 5.75 Å². The summed E-state index contributed by atoms with van der Waals surface area (Å²) in [5.74, 6) is 0.392. The van der Waals surface area contributed by atoms with Crippen LogP contribution in [0.2, 0.25) is 0 Å². The summed E-state index contributed by atoms with van der Waals surface area (Å²) in [5.41, 5.74) is -0.677. The lowest BCUT2D eigenvalue weighted by Crippen LogP contribution is -2.04. The van der Waals surface area contributed by atoms with Gasteiger partial charge < -0.3 is 4.74 Å². The number of hydrogen-bond donors (Lipinski definition) is 0. The Labute approximate surface area is 74.1 Å². The van der Waals surface area contributed by atoms with Crippen LogP contribution >= 0.6 is 0 Å². The Bertz CT molecular complexity index is 263. The van der Waals surface area contributed by atoms with Crippen LogP contribution in [-0.4, -0.2) is 6.61 Å². The van der Waals surface area contributed by atoms with E-state index in [4.69, 9.17) is 4.74 Å². The van der Waals surface area contributed by atoms with E-state index >= 15 is 0 Å². The van der Waals surface area contributed by atoms with E-state index in [-0.39, 0.29) is 6.61 Å². The zero-order valence-electron chi connectivity index (χ0n) is 6.77. The van der Waals surface area contributed by atoms with E-state index in [1.54, 1.807) is 0 Å². The highest BCUT2D eigenvalue weighted by molar-refractivity contribution is 5.28. The molecule has 0 saturated carbocycles. The summed E-state index contributed by atoms with van der Waals surface area (Å²) >= 11 is 0. The zero-order valence-corrected chi connectivity index (χ0v) is 6.77. The van der Waals surface area contributed by atoms with Gasteiger partial charge in [-0.15, -0.1) is 0 Å². The van der Waals surface area contributed by atoms with E-state index in [1.165, 1.54) is 12.1 Å². The van der Waals surface area contributed by atoms with E-state index in [0.717, 1.165) is 12.1 Å². The van der Waals surface area contributed by atoms with Gasteiger partial charge in [-0.3, -0.25) is 0 Å². The highest BCUT2D eigenvalue weighted by atomic mass is 19.4. The first kappa shape index (κ1) is 9.89. The average Bonchev–Trinajstić information content (AvgIpc) is 2.04. The molecule has 0 aromatic heterocycles. The van der Waals surface area contributed by atoms with Gasteiger partial charge in [-0.05, 0) is 31.2 Å². The van der Waals surface area contributed by atoms with E-state index in [1.807, 2.05) is 0 Å². The molecule has 0 atom stereocenters. The van der Waals surface area contributed by atoms with Crippen LogP contribution in [0.15, 0.2) is 24.3 Å². The molecule has 0 heterocycles. The second-order valence-electron chi connectivity index (χ2n) is 2.37. The number of rotatable bonds is 2. The topological polar surface area (TPSA) is 9.23 Å². The maximum absolute atomic E-state index is 12.1. The van der Waals surface area contributed by atoms with Gasteiger partial charge in [-0.25, -0.2) is 0 Å². The Morgan fingerprint density at radius 1 is 1.15 bits per heavy atom. The summed E-state index contributed by atoms with van der Waals surface area (Å²) in [4.78, 5) is 0. The zero-order chi connectivity index (χ0) is 9.90. The molecule has 0 fully saturated rings. The molecule has 0 N–H and O–H groups in total. The number of alkyl halides is 3. The Kier molecular flexibility index (Phi) is 2.80. The molecule has 0 bridgehead atoms. The molecule has 4 heteroatoms. The molecule has 1 nitrogen and oxygen atoms in total. The smallest absolute Gasteiger partial charge is 0.416 e. The van der Waals surface area contributed by atoms with Crippen LogP contribution in [-0.2, 0) is 6.18 Å². The van der Waals surface area contributed by atoms with Crippen LogP contribution in [0.25, 0.3) is 0 Å². The van der Waals surface area contributed by atoms with Gasteiger partial charge in [0.15, 0.2) is 0 Å². The van der Waals surface area contributed by atoms with Crippen LogP contribution in [0.1, 0.15) is 5.56 Å². The van der Waals surface area contributed by atoms with Crippen molar-refractivity contribution in [2.45, 2.75) is 6.18 Å². The first-order chi connectivity index (χ1) is 6.04. The predicted octanol–water partition coefficient (Wildman–Crippen LogP) is 2.92. The normalized spacial score (nSPS) is 11.4. The highest BCUT2D eigenvalue weighted by Gasteiger charge is 2.29. The van der Waals surface area contributed by atoms with E-state index < -0.39 is 11.7 Å². The van der Waals surface area contributed by atoms with Crippen molar-refractivity contribution in [2.24, 2.45) is 0 Å². The van der Waals surface area contributed by atoms with Crippen LogP contribution in [0, 0.1) is 6.92 Å². The number of benzene rings is 1. The molecule has 0 spiro atoms. The van der Waals surface area contributed by atoms with Crippen LogP contribution < -0.4 is 4.74 Å². The van der Waals surface area contributed by atoms with Gasteiger partial charge in [0.1, 0.15) is 5.75 Å². The lowest BCUT2D eigenvalue weighted by atomic mass is 10.2. The van der Waals surface area contributed by atoms with Gasteiger partial charge in [0.05, 0.1) is 12.2 Å². The molecule has 13 heavy (non-hydrogen) atoms. The minimum Gasteiger partial charge on any atom is -0.494 e. The van der Waals surface area contributed by atoms with E-state index in [9.17, 15) is 13.2 Å². The molecule has 1 rings (SSSR count). The number of ether oxygens (including phenoxy) is 1. The quantitative estimate of drug-likeness (QED) is 0.695. The van der Waals surface area contributed by atoms with Crippen LogP contribution in [0.3, 0.4) is 0 Å². The Morgan fingerprint density at radius 3 is 2.08 bits per heavy atom. The maximum Gasteiger partial charge on any atom is 0.416 e. The minimum absolute atomic E-state index is 0.200. The molecular weight excluding hydrogens is 181 g/mol. The monoisotopic (exact) mass is 189 g/mol. The van der Waals surface area contributed by atoms with Crippen molar-refractivity contribution >= 4 is 0 Å². The summed E-state index contributed by atoms with van der Waals surface area (Å²) in [6, 6.07) is 4.50. The molecule has 0 aliphatic heterocycles. The molecule has 0 unspecified atom stereocenters. The predicted molar refractivity (Wildman–Crippen MR) is 42.3 cm³/mol. The van der Waals surface area contributed by atoms with Crippen molar-refractivity contribution in [1.82, 2.24) is 0 Å². The molecule has 0 saturated heterocycles. The summed E-state index contributed by atoms with van der Waals surface area (Å²) in [5, 5.41) is 0. The van der Waals surface area contributed by atoms with Crippen molar-refractivity contribution in [2.75, 3.05) is 6.61 Å². The van der Waals surface area contributed by atoms with Crippen molar-refractivity contribution in [3.05, 3.63) is 36.8 Å². The van der Waals surface area contributed by atoms with Crippen LogP contribution in [0.5, 0.6) is 5.75 Å². The van der Waals surface area contributed by atoms with Crippen molar-refractivity contribution < 1.29 is 17.9 Å². The Morgan fingerprint density at radius 2 is 1.69 bits per heavy atom. The summed E-state index contributed by atoms with van der Waals surface area (Å²) < 4.78 is 41.1. The van der Waals surface area contributed by atoms with Gasteiger partial charge in [0, 0.05) is 0 Å². The van der Waals surface area contributed by atoms with Crippen LogP contribution in [0.4, 0.5) is 13.2 Å². The average molecular weight is 189 g/mol. The fourth-order valence-electron chi connectivity index (χ4n) is 0.858. The lowest BCUT2D eigenvalue weighted by molar-refractivity contribution is -0.137. The molecule has 0 amide bonds. The fourth-order valence-corrected chi connectivity index (χ4v) is 0.858. The van der Waals surface area contributed by atoms with Gasteiger partial charge >= 0.3 is 6.18 Å². The second-order valence-corrected chi connectivity index (χ2v) is 2.37. The lowest BCUT2D eigenvalue weighted by Gasteiger charge is -2.07. The second kappa shape index (κ2) is 3.68. The first-order valence-corrected chi connectivity index (χ1v) is 3.63. The first-order valence-electron chi connectivity index (χ1n) is 3.63. The molecule has 1 aromatic carbocycles. The highest BCUT2D eigenvalue weighted by Crippen LogP contribution is 2.30. The summed E-state index contributed by atoms with van der Waals surface area (Å²) in [6.07, 6.45) is -4.29. The standard InChI is InChI=1S/C9H8F3O/c1-2-13-8-5-3-7(4-6-8)9(10,11)12/h3-6H,1-2H2. The molecule has 1 aromatic rings. The number of hydrogen-bond acceptors (Lipinski definition) is 1. The Balaban J connectivity index is 2.81. The summed E-state index contributed by atoms with van der Waals surface area (Å²) in [7, 11) is 0. The van der Waals surface area contributed by atoms with Crippen molar-refractivity contribution in [1.29, 1.82) is 0 Å². The molecule has 1 radical (unpaired) electrons. The third kappa shape index (κ3) is 2.65. The van der Waals surface area contributed by atoms with E-state index in [2.05, 4.69) is 6.92 Å². The third-order valence-corrected chi connectivity index (χ3v) is 1.45. The van der Waals surface area contributed by atoms with E-state index in [0.29, 0.717) is 5.75 Å². The van der Waals surface area contributed by atoms with Crippen molar-refractivity contribution in [3.63, 3.8) is 0 Å². The minimum atomic E-state index is -4.29. The fraction of sp³-hybridized carbons (Fsp3) is 0.222.